The Kier molecular flexibility index (Phi) is 6.10. The van der Waals surface area contributed by atoms with Crippen LogP contribution in [0.5, 0.6) is 5.75 Å². The second kappa shape index (κ2) is 8.71. The number of anilines is 1. The molecule has 0 radical (unpaired) electrons. The number of benzene rings is 2. The molecule has 24 heavy (non-hydrogen) atoms. The third-order valence-electron chi connectivity index (χ3n) is 4.47. The molecule has 0 aromatic heterocycles. The zero-order valence-corrected chi connectivity index (χ0v) is 14.1. The molecule has 4 heteroatoms. The van der Waals surface area contributed by atoms with E-state index in [1.807, 2.05) is 36.4 Å². The van der Waals surface area contributed by atoms with Gasteiger partial charge in [-0.25, -0.2) is 0 Å². The van der Waals surface area contributed by atoms with Gasteiger partial charge in [0.2, 0.25) is 0 Å². The summed E-state index contributed by atoms with van der Waals surface area (Å²) in [6.45, 7) is 4.97. The van der Waals surface area contributed by atoms with E-state index in [9.17, 15) is 5.11 Å². The van der Waals surface area contributed by atoms with Crippen molar-refractivity contribution < 1.29 is 9.84 Å². The predicted octanol–water partition coefficient (Wildman–Crippen LogP) is 3.27. The van der Waals surface area contributed by atoms with Crippen LogP contribution in [0, 0.1) is 0 Å². The van der Waals surface area contributed by atoms with Gasteiger partial charge in [0.25, 0.3) is 0 Å². The van der Waals surface area contributed by atoms with E-state index in [1.54, 1.807) is 0 Å². The standard InChI is InChI=1S/C20H26N2O2/c23-16-18-5-1-2-6-20(18)21-15-17-7-9-19(10-8-17)24-14-13-22-11-3-4-12-22/h1-2,5-10,21,23H,3-4,11-16H2. The quantitative estimate of drug-likeness (QED) is 0.781. The molecule has 2 N–H and O–H groups in total. The zero-order chi connectivity index (χ0) is 16.6. The van der Waals surface area contributed by atoms with Crippen LogP contribution in [0.4, 0.5) is 5.69 Å². The Balaban J connectivity index is 1.45. The normalized spacial score (nSPS) is 14.7. The van der Waals surface area contributed by atoms with E-state index >= 15 is 0 Å². The fourth-order valence-corrected chi connectivity index (χ4v) is 3.03. The number of aliphatic hydroxyl groups excluding tert-OH is 1. The lowest BCUT2D eigenvalue weighted by Crippen LogP contribution is -2.25. The van der Waals surface area contributed by atoms with Crippen LogP contribution in [0.2, 0.25) is 0 Å². The van der Waals surface area contributed by atoms with E-state index in [2.05, 4.69) is 22.3 Å². The molecule has 1 fully saturated rings. The summed E-state index contributed by atoms with van der Waals surface area (Å²) in [7, 11) is 0. The number of aliphatic hydroxyl groups is 1. The van der Waals surface area contributed by atoms with Gasteiger partial charge >= 0.3 is 0 Å². The van der Waals surface area contributed by atoms with Crippen LogP contribution in [0.25, 0.3) is 0 Å². The van der Waals surface area contributed by atoms with Gasteiger partial charge in [0.15, 0.2) is 0 Å². The van der Waals surface area contributed by atoms with Gasteiger partial charge < -0.3 is 15.2 Å². The first-order valence-electron chi connectivity index (χ1n) is 8.72. The third kappa shape index (κ3) is 4.73. The van der Waals surface area contributed by atoms with Crippen molar-refractivity contribution in [2.75, 3.05) is 31.6 Å². The van der Waals surface area contributed by atoms with E-state index in [0.717, 1.165) is 36.7 Å². The molecule has 0 aliphatic carbocycles. The van der Waals surface area contributed by atoms with Crippen molar-refractivity contribution in [1.29, 1.82) is 0 Å². The predicted molar refractivity (Wildman–Crippen MR) is 97.3 cm³/mol. The van der Waals surface area contributed by atoms with Crippen molar-refractivity contribution in [1.82, 2.24) is 4.90 Å². The minimum atomic E-state index is 0.0486. The number of nitrogens with one attached hydrogen (secondary N) is 1. The lowest BCUT2D eigenvalue weighted by molar-refractivity contribution is 0.238. The van der Waals surface area contributed by atoms with Crippen molar-refractivity contribution in [2.45, 2.75) is 26.0 Å². The van der Waals surface area contributed by atoms with Crippen LogP contribution in [-0.4, -0.2) is 36.2 Å². The molecule has 1 heterocycles. The van der Waals surface area contributed by atoms with Gasteiger partial charge in [-0.1, -0.05) is 30.3 Å². The Labute approximate surface area is 144 Å². The Hall–Kier alpha value is -2.04. The molecule has 0 atom stereocenters. The molecule has 4 nitrogen and oxygen atoms in total. The summed E-state index contributed by atoms with van der Waals surface area (Å²) in [6.07, 6.45) is 2.64. The summed E-state index contributed by atoms with van der Waals surface area (Å²) in [4.78, 5) is 2.46. The average Bonchev–Trinajstić information content (AvgIpc) is 3.15. The van der Waals surface area contributed by atoms with Crippen molar-refractivity contribution in [3.05, 3.63) is 59.7 Å². The van der Waals surface area contributed by atoms with Gasteiger partial charge in [-0.3, -0.25) is 4.90 Å². The van der Waals surface area contributed by atoms with Gasteiger partial charge in [0, 0.05) is 24.3 Å². The molecule has 1 aliphatic heterocycles. The number of rotatable bonds is 8. The van der Waals surface area contributed by atoms with Crippen LogP contribution in [0.15, 0.2) is 48.5 Å². The largest absolute Gasteiger partial charge is 0.492 e. The Morgan fingerprint density at radius 2 is 1.75 bits per heavy atom. The first kappa shape index (κ1) is 16.8. The molecule has 0 bridgehead atoms. The summed E-state index contributed by atoms with van der Waals surface area (Å²) < 4.78 is 5.83. The highest BCUT2D eigenvalue weighted by atomic mass is 16.5. The summed E-state index contributed by atoms with van der Waals surface area (Å²) in [5.41, 5.74) is 3.08. The van der Waals surface area contributed by atoms with Crippen LogP contribution in [-0.2, 0) is 13.2 Å². The fourth-order valence-electron chi connectivity index (χ4n) is 3.03. The van der Waals surface area contributed by atoms with Crippen molar-refractivity contribution in [2.24, 2.45) is 0 Å². The van der Waals surface area contributed by atoms with Crippen molar-refractivity contribution in [3.63, 3.8) is 0 Å². The first-order valence-corrected chi connectivity index (χ1v) is 8.72. The number of ether oxygens (including phenoxy) is 1. The smallest absolute Gasteiger partial charge is 0.119 e. The summed E-state index contributed by atoms with van der Waals surface area (Å²) in [5, 5.41) is 12.7. The lowest BCUT2D eigenvalue weighted by atomic mass is 10.1. The molecule has 0 unspecified atom stereocenters. The van der Waals surface area contributed by atoms with Crippen molar-refractivity contribution >= 4 is 5.69 Å². The number of hydrogen-bond donors (Lipinski definition) is 2. The Morgan fingerprint density at radius 3 is 2.50 bits per heavy atom. The topological polar surface area (TPSA) is 44.7 Å². The summed E-state index contributed by atoms with van der Waals surface area (Å²) in [6, 6.07) is 16.0. The SMILES string of the molecule is OCc1ccccc1NCc1ccc(OCCN2CCCC2)cc1. The first-order chi connectivity index (χ1) is 11.8. The molecular formula is C20H26N2O2. The maximum absolute atomic E-state index is 9.35. The molecule has 3 rings (SSSR count). The molecule has 1 aliphatic rings. The second-order valence-electron chi connectivity index (χ2n) is 6.21. The van der Waals surface area contributed by atoms with Crippen molar-refractivity contribution in [3.8, 4) is 5.75 Å². The highest BCUT2D eigenvalue weighted by molar-refractivity contribution is 5.51. The third-order valence-corrected chi connectivity index (χ3v) is 4.47. The maximum atomic E-state index is 9.35. The monoisotopic (exact) mass is 326 g/mol. The molecule has 0 saturated carbocycles. The fraction of sp³-hybridized carbons (Fsp3) is 0.400. The van der Waals surface area contributed by atoms with Crippen LogP contribution < -0.4 is 10.1 Å². The highest BCUT2D eigenvalue weighted by Gasteiger charge is 2.10. The van der Waals surface area contributed by atoms with Gasteiger partial charge in [0.05, 0.1) is 6.61 Å². The van der Waals surface area contributed by atoms with E-state index in [0.29, 0.717) is 0 Å². The van der Waals surface area contributed by atoms with Gasteiger partial charge in [0.1, 0.15) is 12.4 Å². The molecule has 128 valence electrons. The molecule has 1 saturated heterocycles. The number of nitrogens with zero attached hydrogens (tertiary/aromatic N) is 1. The molecule has 0 spiro atoms. The van der Waals surface area contributed by atoms with Gasteiger partial charge in [-0.05, 0) is 49.7 Å². The number of hydrogen-bond acceptors (Lipinski definition) is 4. The second-order valence-corrected chi connectivity index (χ2v) is 6.21. The van der Waals surface area contributed by atoms with Crippen LogP contribution in [0.1, 0.15) is 24.0 Å². The molecule has 0 amide bonds. The van der Waals surface area contributed by atoms with E-state index in [4.69, 9.17) is 4.74 Å². The van der Waals surface area contributed by atoms with Crippen LogP contribution >= 0.6 is 0 Å². The Morgan fingerprint density at radius 1 is 1.00 bits per heavy atom. The van der Waals surface area contributed by atoms with E-state index in [1.165, 1.54) is 31.5 Å². The highest BCUT2D eigenvalue weighted by Crippen LogP contribution is 2.17. The maximum Gasteiger partial charge on any atom is 0.119 e. The van der Waals surface area contributed by atoms with Gasteiger partial charge in [-0.15, -0.1) is 0 Å². The number of para-hydroxylation sites is 1. The molecule has 2 aromatic carbocycles. The zero-order valence-electron chi connectivity index (χ0n) is 14.1. The van der Waals surface area contributed by atoms with E-state index < -0.39 is 0 Å². The average molecular weight is 326 g/mol. The summed E-state index contributed by atoms with van der Waals surface area (Å²) >= 11 is 0. The molecular weight excluding hydrogens is 300 g/mol. The Bertz CT molecular complexity index is 622. The lowest BCUT2D eigenvalue weighted by Gasteiger charge is -2.15. The minimum absolute atomic E-state index is 0.0486. The van der Waals surface area contributed by atoms with E-state index in [-0.39, 0.29) is 6.61 Å². The molecule has 2 aromatic rings. The minimum Gasteiger partial charge on any atom is -0.492 e. The van der Waals surface area contributed by atoms with Crippen LogP contribution in [0.3, 0.4) is 0 Å². The van der Waals surface area contributed by atoms with Gasteiger partial charge in [-0.2, -0.15) is 0 Å². The summed E-state index contributed by atoms with van der Waals surface area (Å²) in [5.74, 6) is 0.925. The number of likely N-dealkylation sites (tertiary alicyclic amines) is 1.